The molecule has 1 spiro atoms. The normalized spacial score (nSPS) is 18.2. The molecule has 248 valence electrons. The first kappa shape index (κ1) is 34.0. The van der Waals surface area contributed by atoms with Gasteiger partial charge in [0.25, 0.3) is 5.91 Å². The summed E-state index contributed by atoms with van der Waals surface area (Å²) in [5.74, 6) is -2.68. The Balaban J connectivity index is 1.45. The number of carboxylic acid groups (broad SMARTS) is 1. The number of hydrogen-bond acceptors (Lipinski definition) is 6. The van der Waals surface area contributed by atoms with E-state index in [2.05, 4.69) is 16.0 Å². The second kappa shape index (κ2) is 12.8. The highest BCUT2D eigenvalue weighted by molar-refractivity contribution is 6.06. The van der Waals surface area contributed by atoms with Gasteiger partial charge in [0.2, 0.25) is 11.5 Å². The van der Waals surface area contributed by atoms with Gasteiger partial charge in [0.05, 0.1) is 0 Å². The van der Waals surface area contributed by atoms with Crippen molar-refractivity contribution in [1.29, 1.82) is 0 Å². The van der Waals surface area contributed by atoms with Gasteiger partial charge in [0, 0.05) is 37.3 Å². The maximum absolute atomic E-state index is 13.7. The largest absolute Gasteiger partial charge is 0.465 e. The summed E-state index contributed by atoms with van der Waals surface area (Å²) in [6.07, 6.45) is -6.93. The quantitative estimate of drug-likeness (QED) is 0.279. The number of ether oxygens (including phenoxy) is 1. The molecule has 1 fully saturated rings. The Morgan fingerprint density at radius 3 is 2.35 bits per heavy atom. The minimum Gasteiger partial charge on any atom is -0.465 e. The maximum atomic E-state index is 13.7. The fraction of sp³-hybridized carbons (Fsp3) is 0.433. The summed E-state index contributed by atoms with van der Waals surface area (Å²) in [5, 5.41) is 16.3. The van der Waals surface area contributed by atoms with Gasteiger partial charge in [-0.2, -0.15) is 13.2 Å². The predicted octanol–water partition coefficient (Wildman–Crippen LogP) is 4.34. The summed E-state index contributed by atoms with van der Waals surface area (Å²) in [4.78, 5) is 63.8. The van der Waals surface area contributed by atoms with Crippen molar-refractivity contribution in [2.75, 3.05) is 25.0 Å². The Labute approximate surface area is 261 Å². The van der Waals surface area contributed by atoms with Crippen LogP contribution in [0, 0.1) is 11.2 Å². The van der Waals surface area contributed by atoms with E-state index in [9.17, 15) is 41.5 Å². The molecule has 4 rings (SSSR count). The van der Waals surface area contributed by atoms with Crippen LogP contribution in [-0.2, 0) is 32.9 Å². The van der Waals surface area contributed by atoms with Crippen LogP contribution in [0.5, 0.6) is 0 Å². The number of alkyl halides is 3. The summed E-state index contributed by atoms with van der Waals surface area (Å²) in [6.45, 7) is 2.98. The Hall–Kier alpha value is -4.89. The van der Waals surface area contributed by atoms with Gasteiger partial charge in [-0.25, -0.2) is 23.7 Å². The Morgan fingerprint density at radius 2 is 1.72 bits per heavy atom. The standard InChI is InChI=1S/C30H33F4N5O7/c1-17(30(32,33)34)38(13-18-4-6-20(31)7-5-18)23(40)14-39-24(41)29(46-27(39)45)11-10-19-12-21(8-9-22(19)29)37-25(42)35-15-28(2,3)16-36-26(43)44/h4-9,12,17,36H,10-11,13-16H2,1-3H3,(H,43,44)(H2,35,37,42)/t17-,29+/m0/s1. The minimum atomic E-state index is -4.83. The first-order valence-corrected chi connectivity index (χ1v) is 14.2. The molecule has 16 heteroatoms. The lowest BCUT2D eigenvalue weighted by atomic mass is 9.93. The molecule has 0 saturated carbocycles. The lowest BCUT2D eigenvalue weighted by Gasteiger charge is -2.31. The fourth-order valence-electron chi connectivity index (χ4n) is 5.23. The molecule has 0 radical (unpaired) electrons. The van der Waals surface area contributed by atoms with Crippen molar-refractivity contribution in [2.24, 2.45) is 5.41 Å². The smallest absolute Gasteiger partial charge is 0.418 e. The van der Waals surface area contributed by atoms with E-state index >= 15 is 0 Å². The number of anilines is 1. The number of hydrogen-bond donors (Lipinski definition) is 4. The average Bonchev–Trinajstić information content (AvgIpc) is 3.45. The third kappa shape index (κ3) is 7.49. The van der Waals surface area contributed by atoms with E-state index in [0.717, 1.165) is 19.1 Å². The Kier molecular flexibility index (Phi) is 9.49. The number of benzene rings is 2. The minimum absolute atomic E-state index is 0.0102. The number of urea groups is 1. The van der Waals surface area contributed by atoms with Gasteiger partial charge in [-0.3, -0.25) is 9.59 Å². The molecule has 46 heavy (non-hydrogen) atoms. The molecule has 2 aliphatic rings. The zero-order chi connectivity index (χ0) is 34.0. The molecule has 0 bridgehead atoms. The molecule has 2 aromatic rings. The Bertz CT molecular complexity index is 1530. The molecular formula is C30H33F4N5O7. The number of aryl methyl sites for hydroxylation is 1. The highest BCUT2D eigenvalue weighted by atomic mass is 19.4. The van der Waals surface area contributed by atoms with Gasteiger partial charge in [-0.1, -0.05) is 32.0 Å². The van der Waals surface area contributed by atoms with E-state index in [1.807, 2.05) is 0 Å². The van der Waals surface area contributed by atoms with E-state index in [0.29, 0.717) is 26.6 Å². The van der Waals surface area contributed by atoms with E-state index in [1.54, 1.807) is 19.9 Å². The fourth-order valence-corrected chi connectivity index (χ4v) is 5.23. The first-order chi connectivity index (χ1) is 21.4. The zero-order valence-electron chi connectivity index (χ0n) is 25.2. The van der Waals surface area contributed by atoms with Crippen molar-refractivity contribution in [3.63, 3.8) is 0 Å². The van der Waals surface area contributed by atoms with Gasteiger partial charge in [0.15, 0.2) is 0 Å². The first-order valence-electron chi connectivity index (χ1n) is 14.2. The highest BCUT2D eigenvalue weighted by Gasteiger charge is 2.58. The summed E-state index contributed by atoms with van der Waals surface area (Å²) in [5.41, 5.74) is -0.911. The molecule has 2 aromatic carbocycles. The molecule has 1 heterocycles. The highest BCUT2D eigenvalue weighted by Crippen LogP contribution is 2.46. The van der Waals surface area contributed by atoms with Crippen LogP contribution >= 0.6 is 0 Å². The lowest BCUT2D eigenvalue weighted by Crippen LogP contribution is -2.51. The molecule has 6 amide bonds. The number of nitrogens with zero attached hydrogens (tertiary/aromatic N) is 2. The second-order valence-corrected chi connectivity index (χ2v) is 12.0. The van der Waals surface area contributed by atoms with E-state index in [1.165, 1.54) is 24.3 Å². The number of rotatable bonds is 10. The average molecular weight is 652 g/mol. The SMILES string of the molecule is C[C@H](N(Cc1ccc(F)cc1)C(=O)CN1C(=O)O[C@@]2(CCc3cc(NC(=O)NCC(C)(C)CNC(=O)O)ccc32)C1=O)C(F)(F)F. The van der Waals surface area contributed by atoms with Crippen LogP contribution in [0.15, 0.2) is 42.5 Å². The third-order valence-electron chi connectivity index (χ3n) is 7.88. The number of carbonyl (C=O) groups is 5. The summed E-state index contributed by atoms with van der Waals surface area (Å²) >= 11 is 0. The number of carbonyl (C=O) groups excluding carboxylic acids is 4. The van der Waals surface area contributed by atoms with E-state index in [4.69, 9.17) is 9.84 Å². The van der Waals surface area contributed by atoms with Crippen LogP contribution in [0.25, 0.3) is 0 Å². The third-order valence-corrected chi connectivity index (χ3v) is 7.88. The van der Waals surface area contributed by atoms with Crippen LogP contribution in [0.1, 0.15) is 43.9 Å². The molecular weight excluding hydrogens is 618 g/mol. The van der Waals surface area contributed by atoms with Crippen LogP contribution in [0.2, 0.25) is 0 Å². The number of nitrogens with one attached hydrogen (secondary N) is 3. The number of amides is 6. The summed E-state index contributed by atoms with van der Waals surface area (Å²) in [6, 6.07) is 6.24. The Morgan fingerprint density at radius 1 is 1.07 bits per heavy atom. The predicted molar refractivity (Wildman–Crippen MR) is 154 cm³/mol. The van der Waals surface area contributed by atoms with Crippen molar-refractivity contribution >= 4 is 35.7 Å². The molecule has 1 aliphatic heterocycles. The molecule has 0 unspecified atom stereocenters. The number of fused-ring (bicyclic) bond motifs is 2. The van der Waals surface area contributed by atoms with Crippen molar-refractivity contribution in [3.05, 3.63) is 65.0 Å². The van der Waals surface area contributed by atoms with Gasteiger partial charge in [-0.05, 0) is 54.2 Å². The monoisotopic (exact) mass is 651 g/mol. The molecule has 1 saturated heterocycles. The van der Waals surface area contributed by atoms with Crippen molar-refractivity contribution in [2.45, 2.75) is 58.0 Å². The lowest BCUT2D eigenvalue weighted by molar-refractivity contribution is -0.187. The number of halogens is 4. The zero-order valence-corrected chi connectivity index (χ0v) is 25.2. The maximum Gasteiger partial charge on any atom is 0.418 e. The molecule has 2 atom stereocenters. The van der Waals surface area contributed by atoms with Crippen molar-refractivity contribution in [3.8, 4) is 0 Å². The van der Waals surface area contributed by atoms with E-state index in [-0.39, 0.29) is 31.5 Å². The van der Waals surface area contributed by atoms with Crippen molar-refractivity contribution in [1.82, 2.24) is 20.4 Å². The number of imide groups is 1. The molecule has 12 nitrogen and oxygen atoms in total. The van der Waals surface area contributed by atoms with Crippen LogP contribution in [0.4, 0.5) is 37.6 Å². The summed E-state index contributed by atoms with van der Waals surface area (Å²) < 4.78 is 59.9. The second-order valence-electron chi connectivity index (χ2n) is 12.0. The topological polar surface area (TPSA) is 157 Å². The van der Waals surface area contributed by atoms with Crippen LogP contribution < -0.4 is 16.0 Å². The molecule has 0 aromatic heterocycles. The van der Waals surface area contributed by atoms with Gasteiger partial charge in [-0.15, -0.1) is 0 Å². The van der Waals surface area contributed by atoms with Crippen molar-refractivity contribution < 1.29 is 51.4 Å². The summed E-state index contributed by atoms with van der Waals surface area (Å²) in [7, 11) is 0. The van der Waals surface area contributed by atoms with Gasteiger partial charge >= 0.3 is 24.4 Å². The van der Waals surface area contributed by atoms with E-state index < -0.39 is 72.2 Å². The van der Waals surface area contributed by atoms with Crippen LogP contribution in [0.3, 0.4) is 0 Å². The molecule has 4 N–H and O–H groups in total. The van der Waals surface area contributed by atoms with Gasteiger partial charge in [0.1, 0.15) is 18.4 Å². The molecule has 1 aliphatic carbocycles. The van der Waals surface area contributed by atoms with Gasteiger partial charge < -0.3 is 30.7 Å². The van der Waals surface area contributed by atoms with Crippen LogP contribution in [-0.4, -0.2) is 76.8 Å².